The lowest BCUT2D eigenvalue weighted by atomic mass is 9.86. The van der Waals surface area contributed by atoms with Crippen molar-refractivity contribution in [3.05, 3.63) is 118 Å². The Kier molecular flexibility index (Phi) is 9.84. The maximum absolute atomic E-state index is 5.56. The Hall–Kier alpha value is -3.56. The monoisotopic (exact) mass is 512 g/mol. The smallest absolute Gasteiger partial charge is 0.0127 e. The number of aryl methyl sites for hydroxylation is 2. The fourth-order valence-electron chi connectivity index (χ4n) is 5.68. The molecule has 39 heavy (non-hydrogen) atoms. The van der Waals surface area contributed by atoms with E-state index in [1.165, 1.54) is 55.6 Å². The van der Waals surface area contributed by atoms with Gasteiger partial charge < -0.3 is 0 Å². The molecule has 0 aromatic heterocycles. The molecule has 0 fully saturated rings. The molecule has 0 saturated carbocycles. The number of hydrogen-bond donors (Lipinski definition) is 0. The Bertz CT molecular complexity index is 1410. The topological polar surface area (TPSA) is 0 Å². The number of benzene rings is 4. The van der Waals surface area contributed by atoms with Crippen LogP contribution in [0.4, 0.5) is 0 Å². The quantitative estimate of drug-likeness (QED) is 0.175. The van der Waals surface area contributed by atoms with E-state index in [4.69, 9.17) is 6.42 Å². The third-order valence-electron chi connectivity index (χ3n) is 7.54. The first-order valence-corrected chi connectivity index (χ1v) is 14.7. The second-order valence-electron chi connectivity index (χ2n) is 11.8. The Morgan fingerprint density at radius 1 is 0.615 bits per heavy atom. The van der Waals surface area contributed by atoms with Crippen LogP contribution in [-0.4, -0.2) is 0 Å². The van der Waals surface area contributed by atoms with Crippen LogP contribution < -0.4 is 0 Å². The minimum absolute atomic E-state index is 0.589. The SMILES string of the molecule is C#CCCc1ccc(-c2ccc(-c3ccc(CC)c(CC(C)C)c3)c(Cc3ccccc3)c2)c(CC(C)C)c1. The van der Waals surface area contributed by atoms with Crippen molar-refractivity contribution in [2.24, 2.45) is 11.8 Å². The Morgan fingerprint density at radius 2 is 1.23 bits per heavy atom. The van der Waals surface area contributed by atoms with Gasteiger partial charge in [0.05, 0.1) is 0 Å². The van der Waals surface area contributed by atoms with E-state index in [-0.39, 0.29) is 0 Å². The van der Waals surface area contributed by atoms with Crippen LogP contribution in [0.25, 0.3) is 22.3 Å². The van der Waals surface area contributed by atoms with Gasteiger partial charge >= 0.3 is 0 Å². The van der Waals surface area contributed by atoms with Crippen LogP contribution in [-0.2, 0) is 32.1 Å². The zero-order valence-corrected chi connectivity index (χ0v) is 24.6. The Balaban J connectivity index is 1.83. The Morgan fingerprint density at radius 3 is 1.90 bits per heavy atom. The summed E-state index contributed by atoms with van der Waals surface area (Å²) in [6.07, 6.45) is 11.5. The number of rotatable bonds is 11. The van der Waals surface area contributed by atoms with Crippen LogP contribution in [0.15, 0.2) is 84.9 Å². The molecule has 0 aliphatic carbocycles. The second kappa shape index (κ2) is 13.5. The van der Waals surface area contributed by atoms with Crippen LogP contribution in [0.5, 0.6) is 0 Å². The summed E-state index contributed by atoms with van der Waals surface area (Å²) in [7, 11) is 0. The van der Waals surface area contributed by atoms with Crippen LogP contribution >= 0.6 is 0 Å². The van der Waals surface area contributed by atoms with Crippen molar-refractivity contribution >= 4 is 0 Å². The first-order chi connectivity index (χ1) is 18.9. The molecule has 0 nitrogen and oxygen atoms in total. The zero-order valence-electron chi connectivity index (χ0n) is 24.6. The lowest BCUT2D eigenvalue weighted by Gasteiger charge is -2.18. The van der Waals surface area contributed by atoms with E-state index < -0.39 is 0 Å². The summed E-state index contributed by atoms with van der Waals surface area (Å²) < 4.78 is 0. The van der Waals surface area contributed by atoms with Gasteiger partial charge in [0, 0.05) is 6.42 Å². The molecular weight excluding hydrogens is 468 g/mol. The fraction of sp³-hybridized carbons (Fsp3) is 0.333. The molecule has 4 aromatic carbocycles. The fourth-order valence-corrected chi connectivity index (χ4v) is 5.68. The maximum atomic E-state index is 5.56. The van der Waals surface area contributed by atoms with Gasteiger partial charge in [0.25, 0.3) is 0 Å². The van der Waals surface area contributed by atoms with Gasteiger partial charge in [-0.15, -0.1) is 12.3 Å². The largest absolute Gasteiger partial charge is 0.120 e. The minimum Gasteiger partial charge on any atom is -0.120 e. The molecular formula is C39H44. The van der Waals surface area contributed by atoms with Crippen molar-refractivity contribution < 1.29 is 0 Å². The van der Waals surface area contributed by atoms with Crippen LogP contribution in [0.1, 0.15) is 74.4 Å². The van der Waals surface area contributed by atoms with Gasteiger partial charge in [0.2, 0.25) is 0 Å². The van der Waals surface area contributed by atoms with Crippen molar-refractivity contribution in [3.8, 4) is 34.6 Å². The molecule has 0 N–H and O–H groups in total. The predicted molar refractivity (Wildman–Crippen MR) is 170 cm³/mol. The van der Waals surface area contributed by atoms with Crippen molar-refractivity contribution in [3.63, 3.8) is 0 Å². The molecule has 4 rings (SSSR count). The van der Waals surface area contributed by atoms with E-state index in [9.17, 15) is 0 Å². The molecule has 0 heterocycles. The van der Waals surface area contributed by atoms with Gasteiger partial charge in [0.1, 0.15) is 0 Å². The van der Waals surface area contributed by atoms with E-state index in [1.54, 1.807) is 0 Å². The molecule has 0 spiro atoms. The molecule has 0 unspecified atom stereocenters. The van der Waals surface area contributed by atoms with Crippen LogP contribution in [0, 0.1) is 24.2 Å². The van der Waals surface area contributed by atoms with Crippen molar-refractivity contribution in [2.45, 2.75) is 73.1 Å². The molecule has 0 saturated heterocycles. The molecule has 0 bridgehead atoms. The average molecular weight is 513 g/mol. The highest BCUT2D eigenvalue weighted by Gasteiger charge is 2.14. The molecule has 0 aliphatic rings. The van der Waals surface area contributed by atoms with Gasteiger partial charge in [-0.2, -0.15) is 0 Å². The standard InChI is InChI=1S/C39H44/c1-7-9-13-31-16-20-38(36(25-31)23-29(5)6)34-19-21-39(37(27-34)24-30-14-11-10-12-15-30)33-18-17-32(8-2)35(26-33)22-28(3)4/h1,10-12,14-21,25-29H,8-9,13,22-24H2,2-6H3. The zero-order chi connectivity index (χ0) is 27.8. The lowest BCUT2D eigenvalue weighted by Crippen LogP contribution is -2.01. The van der Waals surface area contributed by atoms with E-state index in [2.05, 4.69) is 125 Å². The van der Waals surface area contributed by atoms with Gasteiger partial charge in [-0.25, -0.2) is 0 Å². The van der Waals surface area contributed by atoms with E-state index in [1.807, 2.05) is 0 Å². The van der Waals surface area contributed by atoms with Crippen molar-refractivity contribution in [1.29, 1.82) is 0 Å². The first kappa shape index (κ1) is 28.4. The summed E-state index contributed by atoms with van der Waals surface area (Å²) in [4.78, 5) is 0. The molecule has 0 aliphatic heterocycles. The predicted octanol–water partition coefficient (Wildman–Crippen LogP) is 10.1. The van der Waals surface area contributed by atoms with Gasteiger partial charge in [-0.05, 0) is 99.6 Å². The van der Waals surface area contributed by atoms with Crippen molar-refractivity contribution in [1.82, 2.24) is 0 Å². The maximum Gasteiger partial charge on any atom is 0.0127 e. The summed E-state index contributed by atoms with van der Waals surface area (Å²) in [5.41, 5.74) is 13.7. The molecule has 200 valence electrons. The minimum atomic E-state index is 0.589. The number of terminal acetylenes is 1. The third-order valence-corrected chi connectivity index (χ3v) is 7.54. The summed E-state index contributed by atoms with van der Waals surface area (Å²) in [6.45, 7) is 11.5. The highest BCUT2D eigenvalue weighted by atomic mass is 14.2. The molecule has 0 radical (unpaired) electrons. The summed E-state index contributed by atoms with van der Waals surface area (Å²) in [5.74, 6) is 4.02. The highest BCUT2D eigenvalue weighted by Crippen LogP contribution is 2.34. The van der Waals surface area contributed by atoms with E-state index in [0.717, 1.165) is 38.5 Å². The lowest BCUT2D eigenvalue weighted by molar-refractivity contribution is 0.643. The van der Waals surface area contributed by atoms with Gasteiger partial charge in [-0.1, -0.05) is 120 Å². The Labute approximate surface area is 237 Å². The van der Waals surface area contributed by atoms with Crippen LogP contribution in [0.2, 0.25) is 0 Å². The van der Waals surface area contributed by atoms with Gasteiger partial charge in [0.15, 0.2) is 0 Å². The molecule has 0 atom stereocenters. The first-order valence-electron chi connectivity index (χ1n) is 14.7. The van der Waals surface area contributed by atoms with Crippen molar-refractivity contribution in [2.75, 3.05) is 0 Å². The van der Waals surface area contributed by atoms with E-state index >= 15 is 0 Å². The van der Waals surface area contributed by atoms with E-state index in [0.29, 0.717) is 11.8 Å². The summed E-state index contributed by atoms with van der Waals surface area (Å²) in [5, 5.41) is 0. The molecule has 4 aromatic rings. The third kappa shape index (κ3) is 7.52. The highest BCUT2D eigenvalue weighted by molar-refractivity contribution is 5.76. The van der Waals surface area contributed by atoms with Gasteiger partial charge in [-0.3, -0.25) is 0 Å². The molecule has 0 heteroatoms. The summed E-state index contributed by atoms with van der Waals surface area (Å²) in [6, 6.07) is 32.1. The van der Waals surface area contributed by atoms with Crippen LogP contribution in [0.3, 0.4) is 0 Å². The average Bonchev–Trinajstić information content (AvgIpc) is 2.92. The normalized spacial score (nSPS) is 11.2. The number of hydrogen-bond acceptors (Lipinski definition) is 0. The second-order valence-corrected chi connectivity index (χ2v) is 11.8. The summed E-state index contributed by atoms with van der Waals surface area (Å²) >= 11 is 0. The molecule has 0 amide bonds.